The van der Waals surface area contributed by atoms with Gasteiger partial charge in [-0.15, -0.1) is 0 Å². The molecule has 8 aromatic carbocycles. The van der Waals surface area contributed by atoms with Crippen molar-refractivity contribution in [1.29, 1.82) is 0 Å². The topological polar surface area (TPSA) is 65.0 Å². The second kappa shape index (κ2) is 13.0. The van der Waals surface area contributed by atoms with Crippen LogP contribution in [0.3, 0.4) is 0 Å². The van der Waals surface area contributed by atoms with Gasteiger partial charge in [0.1, 0.15) is 22.3 Å². The average molecular weight is 718 g/mol. The summed E-state index contributed by atoms with van der Waals surface area (Å²) in [5.74, 6) is 1.73. The van der Waals surface area contributed by atoms with Crippen LogP contribution >= 0.6 is 0 Å². The highest BCUT2D eigenvalue weighted by Crippen LogP contribution is 2.45. The maximum atomic E-state index is 7.01. The fourth-order valence-corrected chi connectivity index (χ4v) is 7.92. The maximum Gasteiger partial charge on any atom is 0.167 e. The summed E-state index contributed by atoms with van der Waals surface area (Å²) in [6.07, 6.45) is 0. The van der Waals surface area contributed by atoms with Crippen LogP contribution in [0.5, 0.6) is 0 Å². The van der Waals surface area contributed by atoms with Crippen molar-refractivity contribution in [3.05, 3.63) is 188 Å². The quantitative estimate of drug-likeness (QED) is 0.171. The number of benzene rings is 8. The smallest absolute Gasteiger partial charge is 0.167 e. The van der Waals surface area contributed by atoms with Gasteiger partial charge in [-0.3, -0.25) is 0 Å². The van der Waals surface area contributed by atoms with Crippen LogP contribution in [0.25, 0.3) is 111 Å². The molecular formula is C51H31N3O2. The highest BCUT2D eigenvalue weighted by atomic mass is 16.3. The third kappa shape index (κ3) is 5.29. The molecule has 0 unspecified atom stereocenters. The fourth-order valence-electron chi connectivity index (χ4n) is 7.92. The minimum absolute atomic E-state index is 0.542. The van der Waals surface area contributed by atoms with E-state index < -0.39 is 0 Å². The SMILES string of the molecule is c1ccc(-c2cccc(-c3nc(-c4ccccc4)nc(-c4cccc5c4oc4c(-c6ccc(-c7ccccc7)c7oc8ccccc8c67)cccc45)n3)c2)cc1. The van der Waals surface area contributed by atoms with Crippen LogP contribution in [0.15, 0.2) is 197 Å². The Kier molecular flexibility index (Phi) is 7.42. The Balaban J connectivity index is 1.12. The zero-order chi connectivity index (χ0) is 37.0. The number of hydrogen-bond acceptors (Lipinski definition) is 5. The molecule has 11 aromatic rings. The van der Waals surface area contributed by atoms with Gasteiger partial charge in [-0.05, 0) is 46.5 Å². The van der Waals surface area contributed by atoms with Gasteiger partial charge in [-0.2, -0.15) is 0 Å². The van der Waals surface area contributed by atoms with Crippen LogP contribution in [-0.2, 0) is 0 Å². The molecule has 262 valence electrons. The molecule has 0 saturated carbocycles. The van der Waals surface area contributed by atoms with Crippen molar-refractivity contribution in [3.8, 4) is 67.5 Å². The molecule has 0 fully saturated rings. The predicted molar refractivity (Wildman–Crippen MR) is 227 cm³/mol. The minimum atomic E-state index is 0.542. The lowest BCUT2D eigenvalue weighted by Gasteiger charge is -2.10. The molecule has 3 aromatic heterocycles. The molecule has 56 heavy (non-hydrogen) atoms. The Labute approximate surface area is 322 Å². The molecule has 0 aliphatic heterocycles. The Morgan fingerprint density at radius 2 is 0.804 bits per heavy atom. The van der Waals surface area contributed by atoms with E-state index in [1.807, 2.05) is 60.7 Å². The Morgan fingerprint density at radius 3 is 1.55 bits per heavy atom. The molecule has 0 bridgehead atoms. The van der Waals surface area contributed by atoms with Crippen LogP contribution in [0.1, 0.15) is 0 Å². The number of nitrogens with zero attached hydrogens (tertiary/aromatic N) is 3. The van der Waals surface area contributed by atoms with Gasteiger partial charge < -0.3 is 8.83 Å². The first kappa shape index (κ1) is 31.9. The summed E-state index contributed by atoms with van der Waals surface area (Å²) < 4.78 is 13.6. The molecule has 0 aliphatic carbocycles. The van der Waals surface area contributed by atoms with E-state index in [9.17, 15) is 0 Å². The third-order valence-electron chi connectivity index (χ3n) is 10.6. The van der Waals surface area contributed by atoms with Gasteiger partial charge in [0.15, 0.2) is 17.5 Å². The van der Waals surface area contributed by atoms with Crippen LogP contribution in [0.2, 0.25) is 0 Å². The number of fused-ring (bicyclic) bond motifs is 6. The van der Waals surface area contributed by atoms with E-state index in [4.69, 9.17) is 23.8 Å². The highest BCUT2D eigenvalue weighted by molar-refractivity contribution is 6.20. The molecule has 3 heterocycles. The first-order chi connectivity index (χ1) is 27.8. The lowest BCUT2D eigenvalue weighted by molar-refractivity contribution is 0.669. The van der Waals surface area contributed by atoms with Crippen molar-refractivity contribution in [1.82, 2.24) is 15.0 Å². The summed E-state index contributed by atoms with van der Waals surface area (Å²) in [7, 11) is 0. The van der Waals surface area contributed by atoms with Gasteiger partial charge >= 0.3 is 0 Å². The van der Waals surface area contributed by atoms with Crippen LogP contribution in [-0.4, -0.2) is 15.0 Å². The fraction of sp³-hybridized carbons (Fsp3) is 0. The molecule has 0 spiro atoms. The maximum absolute atomic E-state index is 7.01. The van der Waals surface area contributed by atoms with E-state index in [-0.39, 0.29) is 0 Å². The van der Waals surface area contributed by atoms with E-state index in [1.54, 1.807) is 0 Å². The standard InChI is InChI=1S/C51H31N3O2/c1-4-15-32(16-5-1)35-21-12-22-36(31-35)50-52-49(34-19-8-3-9-20-34)53-51(54-50)43-27-14-26-41-40-25-13-24-39(46(40)56-47(41)43)38-30-29-37(33-17-6-2-7-18-33)48-45(38)42-23-10-11-28-44(42)55-48/h1-31H. The van der Waals surface area contributed by atoms with Crippen LogP contribution in [0, 0.1) is 0 Å². The van der Waals surface area contributed by atoms with Crippen molar-refractivity contribution >= 4 is 43.9 Å². The molecule has 0 amide bonds. The zero-order valence-corrected chi connectivity index (χ0v) is 30.1. The number of aromatic nitrogens is 3. The summed E-state index contributed by atoms with van der Waals surface area (Å²) in [5, 5.41) is 4.12. The van der Waals surface area contributed by atoms with Crippen LogP contribution < -0.4 is 0 Å². The van der Waals surface area contributed by atoms with Gasteiger partial charge in [0.25, 0.3) is 0 Å². The largest absolute Gasteiger partial charge is 0.455 e. The molecule has 11 rings (SSSR count). The minimum Gasteiger partial charge on any atom is -0.455 e. The number of rotatable bonds is 6. The van der Waals surface area contributed by atoms with Gasteiger partial charge in [-0.1, -0.05) is 164 Å². The van der Waals surface area contributed by atoms with Gasteiger partial charge in [0.05, 0.1) is 5.56 Å². The summed E-state index contributed by atoms with van der Waals surface area (Å²) in [4.78, 5) is 15.3. The summed E-state index contributed by atoms with van der Waals surface area (Å²) in [6, 6.07) is 64.4. The van der Waals surface area contributed by atoms with E-state index in [0.29, 0.717) is 17.5 Å². The third-order valence-corrected chi connectivity index (χ3v) is 10.6. The second-order valence-corrected chi connectivity index (χ2v) is 13.9. The normalized spacial score (nSPS) is 11.6. The van der Waals surface area contributed by atoms with Crippen LogP contribution in [0.4, 0.5) is 0 Å². The molecule has 0 radical (unpaired) electrons. The van der Waals surface area contributed by atoms with Crippen molar-refractivity contribution < 1.29 is 8.83 Å². The molecule has 5 nitrogen and oxygen atoms in total. The molecule has 0 N–H and O–H groups in total. The van der Waals surface area contributed by atoms with Gasteiger partial charge in [-0.25, -0.2) is 15.0 Å². The summed E-state index contributed by atoms with van der Waals surface area (Å²) in [6.45, 7) is 0. The summed E-state index contributed by atoms with van der Waals surface area (Å²) in [5.41, 5.74) is 12.2. The first-order valence-corrected chi connectivity index (χ1v) is 18.7. The van der Waals surface area contributed by atoms with E-state index in [2.05, 4.69) is 127 Å². The molecule has 0 aliphatic rings. The molecular weight excluding hydrogens is 687 g/mol. The number of hydrogen-bond donors (Lipinski definition) is 0. The molecule has 0 saturated heterocycles. The highest BCUT2D eigenvalue weighted by Gasteiger charge is 2.22. The zero-order valence-electron chi connectivity index (χ0n) is 30.1. The van der Waals surface area contributed by atoms with Gasteiger partial charge in [0.2, 0.25) is 0 Å². The molecule has 0 atom stereocenters. The number of furan rings is 2. The lowest BCUT2D eigenvalue weighted by atomic mass is 9.94. The van der Waals surface area contributed by atoms with Crippen molar-refractivity contribution in [2.24, 2.45) is 0 Å². The Bertz CT molecular complexity index is 3240. The van der Waals surface area contributed by atoms with Crippen molar-refractivity contribution in [2.75, 3.05) is 0 Å². The second-order valence-electron chi connectivity index (χ2n) is 13.9. The van der Waals surface area contributed by atoms with Gasteiger partial charge in [0, 0.05) is 43.8 Å². The lowest BCUT2D eigenvalue weighted by Crippen LogP contribution is -2.00. The van der Waals surface area contributed by atoms with E-state index >= 15 is 0 Å². The Hall–Kier alpha value is -7.63. The number of para-hydroxylation sites is 3. The monoisotopic (exact) mass is 717 g/mol. The average Bonchev–Trinajstić information content (AvgIpc) is 3.86. The predicted octanol–water partition coefficient (Wildman–Crippen LogP) is 13.7. The molecule has 5 heteroatoms. The van der Waals surface area contributed by atoms with Crippen molar-refractivity contribution in [2.45, 2.75) is 0 Å². The Morgan fingerprint density at radius 1 is 0.286 bits per heavy atom. The van der Waals surface area contributed by atoms with Crippen molar-refractivity contribution in [3.63, 3.8) is 0 Å². The van der Waals surface area contributed by atoms with E-state index in [1.165, 1.54) is 0 Å². The first-order valence-electron chi connectivity index (χ1n) is 18.7. The van der Waals surface area contributed by atoms with E-state index in [0.717, 1.165) is 93.9 Å². The summed E-state index contributed by atoms with van der Waals surface area (Å²) >= 11 is 0.